The minimum atomic E-state index is -3.57. The molecule has 0 radical (unpaired) electrons. The molecule has 0 amide bonds. The summed E-state index contributed by atoms with van der Waals surface area (Å²) in [5.74, 6) is 0. The van der Waals surface area contributed by atoms with Gasteiger partial charge in [0.2, 0.25) is 10.0 Å². The van der Waals surface area contributed by atoms with Crippen LogP contribution < -0.4 is 4.72 Å². The van der Waals surface area contributed by atoms with E-state index in [1.165, 1.54) is 0 Å². The number of benzene rings is 2. The third-order valence-corrected chi connectivity index (χ3v) is 5.37. The van der Waals surface area contributed by atoms with Gasteiger partial charge in [0, 0.05) is 11.1 Å². The van der Waals surface area contributed by atoms with Crippen LogP contribution in [-0.4, -0.2) is 8.42 Å². The van der Waals surface area contributed by atoms with Crippen molar-refractivity contribution in [1.82, 2.24) is 4.72 Å². The van der Waals surface area contributed by atoms with Gasteiger partial charge in [-0.25, -0.2) is 13.1 Å². The highest BCUT2D eigenvalue weighted by atomic mass is 35.5. The zero-order chi connectivity index (χ0) is 15.6. The Morgan fingerprint density at radius 2 is 1.71 bits per heavy atom. The van der Waals surface area contributed by atoms with Gasteiger partial charge in [-0.2, -0.15) is 0 Å². The van der Waals surface area contributed by atoms with Crippen molar-refractivity contribution >= 4 is 21.6 Å². The molecular weight excluding hydrogens is 306 g/mol. The molecule has 112 valence electrons. The maximum atomic E-state index is 12.4. The highest BCUT2D eigenvalue weighted by Gasteiger charge is 2.20. The first-order valence-corrected chi connectivity index (χ1v) is 8.51. The zero-order valence-electron chi connectivity index (χ0n) is 12.2. The first-order valence-electron chi connectivity index (χ1n) is 6.65. The van der Waals surface area contributed by atoms with Crippen molar-refractivity contribution in [3.8, 4) is 0 Å². The van der Waals surface area contributed by atoms with Gasteiger partial charge in [0.25, 0.3) is 0 Å². The lowest BCUT2D eigenvalue weighted by molar-refractivity contribution is 0.567. The fourth-order valence-corrected chi connectivity index (χ4v) is 3.68. The lowest BCUT2D eigenvalue weighted by Gasteiger charge is -2.16. The summed E-state index contributed by atoms with van der Waals surface area (Å²) in [7, 11) is -3.57. The molecule has 0 fully saturated rings. The van der Waals surface area contributed by atoms with Gasteiger partial charge in [-0.05, 0) is 55.7 Å². The third kappa shape index (κ3) is 3.64. The van der Waals surface area contributed by atoms with E-state index >= 15 is 0 Å². The quantitative estimate of drug-likeness (QED) is 0.924. The number of rotatable bonds is 4. The van der Waals surface area contributed by atoms with E-state index in [0.717, 1.165) is 16.7 Å². The first kappa shape index (κ1) is 16.0. The Morgan fingerprint density at radius 3 is 2.33 bits per heavy atom. The molecule has 0 heterocycles. The highest BCUT2D eigenvalue weighted by molar-refractivity contribution is 7.89. The van der Waals surface area contributed by atoms with Crippen LogP contribution in [0.1, 0.15) is 29.7 Å². The summed E-state index contributed by atoms with van der Waals surface area (Å²) in [6.07, 6.45) is 0. The molecule has 0 aliphatic rings. The summed E-state index contributed by atoms with van der Waals surface area (Å²) in [6, 6.07) is 11.9. The maximum Gasteiger partial charge on any atom is 0.241 e. The van der Waals surface area contributed by atoms with Crippen molar-refractivity contribution in [2.24, 2.45) is 0 Å². The Morgan fingerprint density at radius 1 is 1.05 bits per heavy atom. The van der Waals surface area contributed by atoms with Gasteiger partial charge in [0.15, 0.2) is 0 Å². The summed E-state index contributed by atoms with van der Waals surface area (Å²) in [5, 5.41) is 0.549. The molecule has 1 unspecified atom stereocenters. The molecule has 0 spiro atoms. The van der Waals surface area contributed by atoms with Crippen molar-refractivity contribution in [2.75, 3.05) is 0 Å². The summed E-state index contributed by atoms with van der Waals surface area (Å²) in [5.41, 5.74) is 2.77. The van der Waals surface area contributed by atoms with Crippen molar-refractivity contribution in [1.29, 1.82) is 0 Å². The van der Waals surface area contributed by atoms with Crippen LogP contribution >= 0.6 is 11.6 Å². The average molecular weight is 324 g/mol. The standard InChI is InChI=1S/C16H18ClNO2S/c1-11-8-9-14(10-12(11)2)21(19,20)18-13(3)15-6-4-5-7-16(15)17/h4-10,13,18H,1-3H3. The minimum Gasteiger partial charge on any atom is -0.207 e. The topological polar surface area (TPSA) is 46.2 Å². The summed E-state index contributed by atoms with van der Waals surface area (Å²) in [4.78, 5) is 0.268. The minimum absolute atomic E-state index is 0.268. The fraction of sp³-hybridized carbons (Fsp3) is 0.250. The Bertz CT molecular complexity index is 757. The lowest BCUT2D eigenvalue weighted by Crippen LogP contribution is -2.27. The van der Waals surface area contributed by atoms with Gasteiger partial charge in [-0.1, -0.05) is 35.9 Å². The monoisotopic (exact) mass is 323 g/mol. The van der Waals surface area contributed by atoms with Gasteiger partial charge in [0.05, 0.1) is 4.90 Å². The second-order valence-corrected chi connectivity index (χ2v) is 7.23. The van der Waals surface area contributed by atoms with Gasteiger partial charge in [-0.3, -0.25) is 0 Å². The van der Waals surface area contributed by atoms with Crippen LogP contribution in [0.5, 0.6) is 0 Å². The molecule has 0 aliphatic heterocycles. The maximum absolute atomic E-state index is 12.4. The van der Waals surface area contributed by atoms with E-state index in [2.05, 4.69) is 4.72 Å². The molecule has 1 atom stereocenters. The second kappa shape index (κ2) is 6.18. The van der Waals surface area contributed by atoms with Crippen molar-refractivity contribution < 1.29 is 8.42 Å². The van der Waals surface area contributed by atoms with E-state index in [-0.39, 0.29) is 4.90 Å². The number of nitrogens with one attached hydrogen (secondary N) is 1. The van der Waals surface area contributed by atoms with Crippen LogP contribution in [0.2, 0.25) is 5.02 Å². The Labute approximate surface area is 131 Å². The number of hydrogen-bond acceptors (Lipinski definition) is 2. The van der Waals surface area contributed by atoms with Gasteiger partial charge >= 0.3 is 0 Å². The Hall–Kier alpha value is -1.36. The van der Waals surface area contributed by atoms with E-state index < -0.39 is 16.1 Å². The number of hydrogen-bond donors (Lipinski definition) is 1. The Kier molecular flexibility index (Phi) is 4.71. The molecular formula is C16H18ClNO2S. The van der Waals surface area contributed by atoms with E-state index in [1.807, 2.05) is 38.1 Å². The van der Waals surface area contributed by atoms with Gasteiger partial charge in [-0.15, -0.1) is 0 Å². The highest BCUT2D eigenvalue weighted by Crippen LogP contribution is 2.24. The number of aryl methyl sites for hydroxylation is 2. The number of sulfonamides is 1. The van der Waals surface area contributed by atoms with Crippen LogP contribution in [0.25, 0.3) is 0 Å². The van der Waals surface area contributed by atoms with Crippen LogP contribution in [-0.2, 0) is 10.0 Å². The molecule has 0 aromatic heterocycles. The lowest BCUT2D eigenvalue weighted by atomic mass is 10.1. The van der Waals surface area contributed by atoms with E-state index in [0.29, 0.717) is 5.02 Å². The molecule has 5 heteroatoms. The van der Waals surface area contributed by atoms with E-state index in [4.69, 9.17) is 11.6 Å². The molecule has 0 aliphatic carbocycles. The smallest absolute Gasteiger partial charge is 0.207 e. The largest absolute Gasteiger partial charge is 0.241 e. The zero-order valence-corrected chi connectivity index (χ0v) is 13.8. The SMILES string of the molecule is Cc1ccc(S(=O)(=O)NC(C)c2ccccc2Cl)cc1C. The molecule has 0 saturated heterocycles. The van der Waals surface area contributed by atoms with Crippen molar-refractivity contribution in [2.45, 2.75) is 31.7 Å². The second-order valence-electron chi connectivity index (χ2n) is 5.11. The third-order valence-electron chi connectivity index (χ3n) is 3.49. The predicted octanol–water partition coefficient (Wildman–Crippen LogP) is 4.00. The summed E-state index contributed by atoms with van der Waals surface area (Å²) >= 11 is 6.11. The predicted molar refractivity (Wildman–Crippen MR) is 86.1 cm³/mol. The molecule has 0 saturated carbocycles. The van der Waals surface area contributed by atoms with Crippen LogP contribution in [0, 0.1) is 13.8 Å². The molecule has 2 aromatic carbocycles. The normalized spacial score (nSPS) is 13.1. The number of halogens is 1. The average Bonchev–Trinajstić information content (AvgIpc) is 2.41. The molecule has 0 bridgehead atoms. The van der Waals surface area contributed by atoms with E-state index in [9.17, 15) is 8.42 Å². The molecule has 3 nitrogen and oxygen atoms in total. The van der Waals surface area contributed by atoms with Crippen molar-refractivity contribution in [3.63, 3.8) is 0 Å². The first-order chi connectivity index (χ1) is 9.81. The molecule has 1 N–H and O–H groups in total. The fourth-order valence-electron chi connectivity index (χ4n) is 2.07. The van der Waals surface area contributed by atoms with Gasteiger partial charge in [0.1, 0.15) is 0 Å². The molecule has 21 heavy (non-hydrogen) atoms. The van der Waals surface area contributed by atoms with E-state index in [1.54, 1.807) is 25.1 Å². The van der Waals surface area contributed by atoms with Gasteiger partial charge < -0.3 is 0 Å². The van der Waals surface area contributed by atoms with Crippen LogP contribution in [0.4, 0.5) is 0 Å². The summed E-state index contributed by atoms with van der Waals surface area (Å²) in [6.45, 7) is 5.62. The molecule has 2 aromatic rings. The van der Waals surface area contributed by atoms with Crippen LogP contribution in [0.15, 0.2) is 47.4 Å². The molecule has 2 rings (SSSR count). The summed E-state index contributed by atoms with van der Waals surface area (Å²) < 4.78 is 27.5. The Balaban J connectivity index is 2.29. The van der Waals surface area contributed by atoms with Crippen molar-refractivity contribution in [3.05, 3.63) is 64.2 Å². The van der Waals surface area contributed by atoms with Crippen LogP contribution in [0.3, 0.4) is 0 Å².